The van der Waals surface area contributed by atoms with Crippen molar-refractivity contribution >= 4 is 8.05 Å². The van der Waals surface area contributed by atoms with Crippen LogP contribution in [0.3, 0.4) is 0 Å². The molecule has 0 saturated heterocycles. The molecule has 2 heteroatoms. The van der Waals surface area contributed by atoms with E-state index in [2.05, 4.69) is 11.6 Å². The summed E-state index contributed by atoms with van der Waals surface area (Å²) < 4.78 is 4.68. The smallest absolute Gasteiger partial charge is 0.283 e. The molecule has 0 aromatic heterocycles. The van der Waals surface area contributed by atoms with E-state index in [0.717, 1.165) is 12.8 Å². The number of hydrogen-bond acceptors (Lipinski definition) is 1. The maximum Gasteiger partial charge on any atom is 0.283 e. The first kappa shape index (κ1) is 8.02. The summed E-state index contributed by atoms with van der Waals surface area (Å²) in [5.74, 6) is 0. The van der Waals surface area contributed by atoms with E-state index in [1.54, 1.807) is 0 Å². The minimum Gasteiger partial charge on any atom is -0.443 e. The molecule has 0 aromatic carbocycles. The molecular weight excluding hydrogens is 98.9 g/mol. The molecule has 0 saturated carbocycles. The Labute approximate surface area is 52.9 Å². The Morgan fingerprint density at radius 1 is 1.50 bits per heavy atom. The van der Waals surface area contributed by atoms with E-state index in [9.17, 15) is 0 Å². The minimum absolute atomic E-state index is 0.130. The van der Waals surface area contributed by atoms with Gasteiger partial charge in [-0.3, -0.25) is 0 Å². The van der Waals surface area contributed by atoms with Crippen LogP contribution >= 0.6 is 0 Å². The Morgan fingerprint density at radius 3 is 2.12 bits per heavy atom. The maximum absolute atomic E-state index is 4.99. The van der Waals surface area contributed by atoms with Gasteiger partial charge in [0.25, 0.3) is 8.05 Å². The fourth-order valence-corrected chi connectivity index (χ4v) is 0.661. The summed E-state index contributed by atoms with van der Waals surface area (Å²) in [6.07, 6.45) is 2.13. The quantitative estimate of drug-likeness (QED) is 0.504. The molecule has 0 aliphatic rings. The van der Waals surface area contributed by atoms with Crippen LogP contribution in [0, 0.1) is 0 Å². The average Bonchev–Trinajstić information content (AvgIpc) is 1.67. The molecule has 0 aliphatic carbocycles. The van der Waals surface area contributed by atoms with E-state index in [1.165, 1.54) is 0 Å². The van der Waals surface area contributed by atoms with E-state index in [4.69, 9.17) is 8.05 Å². The van der Waals surface area contributed by atoms with Crippen LogP contribution < -0.4 is 0 Å². The Kier molecular flexibility index (Phi) is 3.14. The highest BCUT2D eigenvalue weighted by Gasteiger charge is 2.12. The minimum atomic E-state index is -0.130. The molecule has 8 heavy (non-hydrogen) atoms. The van der Waals surface area contributed by atoms with Gasteiger partial charge < -0.3 is 4.65 Å². The van der Waals surface area contributed by atoms with Gasteiger partial charge in [-0.05, 0) is 20.3 Å². The first-order valence-electron chi connectivity index (χ1n) is 3.00. The summed E-state index contributed by atoms with van der Waals surface area (Å²) in [7, 11) is 4.99. The SMILES string of the molecule is [B]OC(C)(C)CCC. The van der Waals surface area contributed by atoms with Gasteiger partial charge in [-0.2, -0.15) is 0 Å². The Balaban J connectivity index is 3.37. The van der Waals surface area contributed by atoms with Crippen molar-refractivity contribution in [1.82, 2.24) is 0 Å². The van der Waals surface area contributed by atoms with Crippen molar-refractivity contribution in [2.45, 2.75) is 39.2 Å². The van der Waals surface area contributed by atoms with Gasteiger partial charge in [0.2, 0.25) is 0 Å². The highest BCUT2D eigenvalue weighted by Crippen LogP contribution is 2.13. The fourth-order valence-electron chi connectivity index (χ4n) is 0.661. The average molecular weight is 112 g/mol. The lowest BCUT2D eigenvalue weighted by molar-refractivity contribution is 0.112. The molecule has 0 fully saturated rings. The first-order chi connectivity index (χ1) is 3.62. The highest BCUT2D eigenvalue weighted by molar-refractivity contribution is 5.98. The van der Waals surface area contributed by atoms with Gasteiger partial charge in [0, 0.05) is 5.60 Å². The molecule has 0 spiro atoms. The van der Waals surface area contributed by atoms with Gasteiger partial charge in [-0.15, -0.1) is 0 Å². The summed E-state index contributed by atoms with van der Waals surface area (Å²) in [6.45, 7) is 6.08. The second-order valence-corrected chi connectivity index (χ2v) is 2.63. The molecule has 0 aliphatic heterocycles. The van der Waals surface area contributed by atoms with Crippen molar-refractivity contribution in [2.24, 2.45) is 0 Å². The predicted octanol–water partition coefficient (Wildman–Crippen LogP) is 1.67. The number of rotatable bonds is 3. The number of hydrogen-bond donors (Lipinski definition) is 0. The third kappa shape index (κ3) is 3.08. The van der Waals surface area contributed by atoms with E-state index < -0.39 is 0 Å². The molecule has 0 bridgehead atoms. The first-order valence-corrected chi connectivity index (χ1v) is 3.00. The lowest BCUT2D eigenvalue weighted by Gasteiger charge is -2.22. The summed E-state index contributed by atoms with van der Waals surface area (Å²) >= 11 is 0. The molecule has 0 heterocycles. The molecule has 1 nitrogen and oxygen atoms in total. The molecular formula is C6H13BO. The van der Waals surface area contributed by atoms with E-state index in [0.29, 0.717) is 0 Å². The molecule has 0 unspecified atom stereocenters. The van der Waals surface area contributed by atoms with Crippen molar-refractivity contribution in [3.63, 3.8) is 0 Å². The van der Waals surface area contributed by atoms with Crippen molar-refractivity contribution in [3.05, 3.63) is 0 Å². The van der Waals surface area contributed by atoms with Crippen LogP contribution in [0.25, 0.3) is 0 Å². The topological polar surface area (TPSA) is 9.23 Å². The zero-order chi connectivity index (χ0) is 6.62. The normalized spacial score (nSPS) is 11.9. The molecule has 0 atom stereocenters. The second kappa shape index (κ2) is 3.13. The predicted molar refractivity (Wildman–Crippen MR) is 35.8 cm³/mol. The van der Waals surface area contributed by atoms with Gasteiger partial charge in [-0.1, -0.05) is 13.3 Å². The van der Waals surface area contributed by atoms with E-state index in [1.807, 2.05) is 13.8 Å². The van der Waals surface area contributed by atoms with Crippen LogP contribution in [-0.4, -0.2) is 13.7 Å². The third-order valence-corrected chi connectivity index (χ3v) is 1.17. The van der Waals surface area contributed by atoms with Gasteiger partial charge in [0.1, 0.15) is 0 Å². The molecule has 46 valence electrons. The summed E-state index contributed by atoms with van der Waals surface area (Å²) in [4.78, 5) is 0. The highest BCUT2D eigenvalue weighted by atomic mass is 16.4. The second-order valence-electron chi connectivity index (χ2n) is 2.63. The Morgan fingerprint density at radius 2 is 2.00 bits per heavy atom. The van der Waals surface area contributed by atoms with Gasteiger partial charge in [-0.25, -0.2) is 0 Å². The molecule has 0 N–H and O–H groups in total. The zero-order valence-corrected chi connectivity index (χ0v) is 5.90. The lowest BCUT2D eigenvalue weighted by atomic mass is 10.0. The van der Waals surface area contributed by atoms with Crippen LogP contribution in [0.5, 0.6) is 0 Å². The standard InChI is InChI=1S/C6H13BO/c1-4-5-6(2,3)8-7/h4-5H2,1-3H3. The van der Waals surface area contributed by atoms with Crippen LogP contribution in [0.15, 0.2) is 0 Å². The fraction of sp³-hybridized carbons (Fsp3) is 1.00. The van der Waals surface area contributed by atoms with Crippen molar-refractivity contribution < 1.29 is 4.65 Å². The van der Waals surface area contributed by atoms with Gasteiger partial charge >= 0.3 is 0 Å². The van der Waals surface area contributed by atoms with Crippen LogP contribution in [0.4, 0.5) is 0 Å². The van der Waals surface area contributed by atoms with E-state index >= 15 is 0 Å². The summed E-state index contributed by atoms with van der Waals surface area (Å²) in [5.41, 5.74) is -0.130. The van der Waals surface area contributed by atoms with Crippen molar-refractivity contribution in [1.29, 1.82) is 0 Å². The summed E-state index contributed by atoms with van der Waals surface area (Å²) in [5, 5.41) is 0. The Bertz CT molecular complexity index is 61.5. The third-order valence-electron chi connectivity index (χ3n) is 1.17. The largest absolute Gasteiger partial charge is 0.443 e. The van der Waals surface area contributed by atoms with E-state index in [-0.39, 0.29) is 5.60 Å². The molecule has 2 radical (unpaired) electrons. The van der Waals surface area contributed by atoms with Gasteiger partial charge in [0.15, 0.2) is 0 Å². The zero-order valence-electron chi connectivity index (χ0n) is 5.90. The van der Waals surface area contributed by atoms with Crippen LogP contribution in [0.2, 0.25) is 0 Å². The maximum atomic E-state index is 4.99. The Hall–Kier alpha value is 0.0249. The summed E-state index contributed by atoms with van der Waals surface area (Å²) in [6, 6.07) is 0. The van der Waals surface area contributed by atoms with Crippen LogP contribution in [-0.2, 0) is 4.65 Å². The monoisotopic (exact) mass is 112 g/mol. The molecule has 0 amide bonds. The molecule has 0 aromatic rings. The van der Waals surface area contributed by atoms with Crippen molar-refractivity contribution in [3.8, 4) is 0 Å². The van der Waals surface area contributed by atoms with Crippen LogP contribution in [0.1, 0.15) is 33.6 Å². The van der Waals surface area contributed by atoms with Gasteiger partial charge in [0.05, 0.1) is 0 Å². The lowest BCUT2D eigenvalue weighted by Crippen LogP contribution is -2.22. The van der Waals surface area contributed by atoms with Crippen molar-refractivity contribution in [2.75, 3.05) is 0 Å². The molecule has 0 rings (SSSR count).